The number of morpholine rings is 1. The van der Waals surface area contributed by atoms with Crippen LogP contribution in [0.4, 0.5) is 5.69 Å². The van der Waals surface area contributed by atoms with Gasteiger partial charge in [0.1, 0.15) is 10.6 Å². The maximum absolute atomic E-state index is 13.0. The lowest BCUT2D eigenvalue weighted by Gasteiger charge is -2.26. The minimum absolute atomic E-state index is 0.0238. The van der Waals surface area contributed by atoms with E-state index in [0.717, 1.165) is 5.56 Å². The SMILES string of the molecule is COc1ccc(C(=O)Nc2ccccc2C)cc1S(=O)(=O)N1CCOCC1. The van der Waals surface area contributed by atoms with Crippen LogP contribution in [0.1, 0.15) is 15.9 Å². The molecule has 1 aliphatic rings. The average Bonchev–Trinajstić information content (AvgIpc) is 2.69. The minimum atomic E-state index is -3.79. The second kappa shape index (κ2) is 8.08. The summed E-state index contributed by atoms with van der Waals surface area (Å²) in [7, 11) is -2.39. The third-order valence-corrected chi connectivity index (χ3v) is 6.33. The van der Waals surface area contributed by atoms with Crippen LogP contribution in [0.25, 0.3) is 0 Å². The number of nitrogens with zero attached hydrogens (tertiary/aromatic N) is 1. The van der Waals surface area contributed by atoms with Gasteiger partial charge < -0.3 is 14.8 Å². The number of methoxy groups -OCH3 is 1. The van der Waals surface area contributed by atoms with E-state index in [1.165, 1.54) is 23.5 Å². The largest absolute Gasteiger partial charge is 0.495 e. The molecular formula is C19H22N2O5S. The summed E-state index contributed by atoms with van der Waals surface area (Å²) in [5.74, 6) is -0.181. The summed E-state index contributed by atoms with van der Waals surface area (Å²) >= 11 is 0. The van der Waals surface area contributed by atoms with Crippen molar-refractivity contribution in [2.24, 2.45) is 0 Å². The van der Waals surface area contributed by atoms with Gasteiger partial charge in [0, 0.05) is 24.3 Å². The Morgan fingerprint density at radius 2 is 1.85 bits per heavy atom. The van der Waals surface area contributed by atoms with Crippen LogP contribution in [0.5, 0.6) is 5.75 Å². The fraction of sp³-hybridized carbons (Fsp3) is 0.316. The van der Waals surface area contributed by atoms with Gasteiger partial charge in [-0.2, -0.15) is 4.31 Å². The van der Waals surface area contributed by atoms with Gasteiger partial charge in [-0.05, 0) is 36.8 Å². The van der Waals surface area contributed by atoms with E-state index in [2.05, 4.69) is 5.32 Å². The van der Waals surface area contributed by atoms with Crippen LogP contribution in [0.15, 0.2) is 47.4 Å². The van der Waals surface area contributed by atoms with Crippen LogP contribution in [0, 0.1) is 6.92 Å². The minimum Gasteiger partial charge on any atom is -0.495 e. The number of carbonyl (C=O) groups excluding carboxylic acids is 1. The van der Waals surface area contributed by atoms with Crippen LogP contribution in [-0.4, -0.2) is 52.0 Å². The van der Waals surface area contributed by atoms with Crippen molar-refractivity contribution in [3.63, 3.8) is 0 Å². The van der Waals surface area contributed by atoms with Crippen molar-refractivity contribution in [3.8, 4) is 5.75 Å². The maximum Gasteiger partial charge on any atom is 0.255 e. The van der Waals surface area contributed by atoms with Crippen LogP contribution in [0.2, 0.25) is 0 Å². The number of nitrogens with one attached hydrogen (secondary N) is 1. The zero-order valence-corrected chi connectivity index (χ0v) is 16.1. The zero-order valence-electron chi connectivity index (χ0n) is 15.3. The Morgan fingerprint density at radius 3 is 2.52 bits per heavy atom. The number of amides is 1. The van der Waals surface area contributed by atoms with Crippen molar-refractivity contribution in [2.45, 2.75) is 11.8 Å². The van der Waals surface area contributed by atoms with Crippen LogP contribution < -0.4 is 10.1 Å². The summed E-state index contributed by atoms with van der Waals surface area (Å²) in [4.78, 5) is 12.6. The number of carbonyl (C=O) groups is 1. The number of hydrogen-bond donors (Lipinski definition) is 1. The highest BCUT2D eigenvalue weighted by atomic mass is 32.2. The summed E-state index contributed by atoms with van der Waals surface area (Å²) in [6.07, 6.45) is 0. The van der Waals surface area contributed by atoms with Gasteiger partial charge in [0.25, 0.3) is 5.91 Å². The Morgan fingerprint density at radius 1 is 1.15 bits per heavy atom. The first-order chi connectivity index (χ1) is 12.9. The molecule has 0 saturated carbocycles. The molecule has 1 saturated heterocycles. The lowest BCUT2D eigenvalue weighted by Crippen LogP contribution is -2.40. The highest BCUT2D eigenvalue weighted by Crippen LogP contribution is 2.29. The van der Waals surface area contributed by atoms with Crippen molar-refractivity contribution in [1.29, 1.82) is 0 Å². The highest BCUT2D eigenvalue weighted by Gasteiger charge is 2.30. The summed E-state index contributed by atoms with van der Waals surface area (Å²) in [5.41, 5.74) is 1.84. The molecule has 1 heterocycles. The van der Waals surface area contributed by atoms with Gasteiger partial charge in [-0.15, -0.1) is 0 Å². The van der Waals surface area contributed by atoms with E-state index < -0.39 is 10.0 Å². The second-order valence-electron chi connectivity index (χ2n) is 6.15. The predicted molar refractivity (Wildman–Crippen MR) is 102 cm³/mol. The Balaban J connectivity index is 1.93. The highest BCUT2D eigenvalue weighted by molar-refractivity contribution is 7.89. The van der Waals surface area contributed by atoms with E-state index in [1.54, 1.807) is 12.1 Å². The molecule has 1 fully saturated rings. The lowest BCUT2D eigenvalue weighted by molar-refractivity contribution is 0.0729. The maximum atomic E-state index is 13.0. The van der Waals surface area contributed by atoms with Crippen molar-refractivity contribution in [2.75, 3.05) is 38.7 Å². The van der Waals surface area contributed by atoms with Crippen LogP contribution in [0.3, 0.4) is 0 Å². The van der Waals surface area contributed by atoms with Gasteiger partial charge in [-0.25, -0.2) is 8.42 Å². The average molecular weight is 390 g/mol. The van der Waals surface area contributed by atoms with E-state index in [-0.39, 0.29) is 35.2 Å². The summed E-state index contributed by atoms with van der Waals surface area (Å²) in [5, 5.41) is 2.81. The molecule has 1 aliphatic heterocycles. The first-order valence-corrected chi connectivity index (χ1v) is 10.0. The third-order valence-electron chi connectivity index (χ3n) is 4.41. The van der Waals surface area contributed by atoms with Crippen molar-refractivity contribution in [3.05, 3.63) is 53.6 Å². The molecular weight excluding hydrogens is 368 g/mol. The number of rotatable bonds is 5. The zero-order chi connectivity index (χ0) is 19.4. The predicted octanol–water partition coefficient (Wildman–Crippen LogP) is 2.28. The number of aryl methyl sites for hydroxylation is 1. The monoisotopic (exact) mass is 390 g/mol. The first kappa shape index (κ1) is 19.3. The summed E-state index contributed by atoms with van der Waals surface area (Å²) in [6, 6.07) is 11.8. The van der Waals surface area contributed by atoms with Crippen LogP contribution in [-0.2, 0) is 14.8 Å². The van der Waals surface area contributed by atoms with Gasteiger partial charge >= 0.3 is 0 Å². The molecule has 0 unspecified atom stereocenters. The Bertz CT molecular complexity index is 937. The topological polar surface area (TPSA) is 84.9 Å². The van der Waals surface area contributed by atoms with Gasteiger partial charge in [-0.3, -0.25) is 4.79 Å². The number of benzene rings is 2. The van der Waals surface area contributed by atoms with Crippen molar-refractivity contribution in [1.82, 2.24) is 4.31 Å². The standard InChI is InChI=1S/C19H22N2O5S/c1-14-5-3-4-6-16(14)20-19(22)15-7-8-17(25-2)18(13-15)27(23,24)21-9-11-26-12-10-21/h3-8,13H,9-12H2,1-2H3,(H,20,22). The molecule has 0 atom stereocenters. The molecule has 0 spiro atoms. The number of para-hydroxylation sites is 1. The Kier molecular flexibility index (Phi) is 5.79. The molecule has 1 amide bonds. The smallest absolute Gasteiger partial charge is 0.255 e. The number of anilines is 1. The molecule has 144 valence electrons. The number of ether oxygens (including phenoxy) is 2. The van der Waals surface area contributed by atoms with Gasteiger partial charge in [-0.1, -0.05) is 18.2 Å². The summed E-state index contributed by atoms with van der Waals surface area (Å²) in [6.45, 7) is 3.11. The molecule has 0 aliphatic carbocycles. The van der Waals surface area contributed by atoms with E-state index in [9.17, 15) is 13.2 Å². The quantitative estimate of drug-likeness (QED) is 0.847. The lowest BCUT2D eigenvalue weighted by atomic mass is 10.1. The van der Waals surface area contributed by atoms with Crippen molar-refractivity contribution >= 4 is 21.6 Å². The second-order valence-corrected chi connectivity index (χ2v) is 8.06. The number of hydrogen-bond acceptors (Lipinski definition) is 5. The molecule has 0 aromatic heterocycles. The molecule has 2 aromatic carbocycles. The third kappa shape index (κ3) is 4.13. The Hall–Kier alpha value is -2.42. The summed E-state index contributed by atoms with van der Waals surface area (Å²) < 4.78 is 37.8. The van der Waals surface area contributed by atoms with Crippen molar-refractivity contribution < 1.29 is 22.7 Å². The normalized spacial score (nSPS) is 15.3. The molecule has 1 N–H and O–H groups in total. The number of sulfonamides is 1. The van der Waals surface area contributed by atoms with Crippen LogP contribution >= 0.6 is 0 Å². The fourth-order valence-electron chi connectivity index (χ4n) is 2.85. The molecule has 2 aromatic rings. The molecule has 7 nitrogen and oxygen atoms in total. The molecule has 3 rings (SSSR count). The van der Waals surface area contributed by atoms with Gasteiger partial charge in [0.05, 0.1) is 20.3 Å². The molecule has 27 heavy (non-hydrogen) atoms. The van der Waals surface area contributed by atoms with E-state index in [0.29, 0.717) is 18.9 Å². The molecule has 8 heteroatoms. The van der Waals surface area contributed by atoms with Gasteiger partial charge in [0.2, 0.25) is 10.0 Å². The molecule has 0 bridgehead atoms. The van der Waals surface area contributed by atoms with E-state index in [4.69, 9.17) is 9.47 Å². The Labute approximate surface area is 158 Å². The molecule has 0 radical (unpaired) electrons. The fourth-order valence-corrected chi connectivity index (χ4v) is 4.44. The first-order valence-electron chi connectivity index (χ1n) is 8.56. The van der Waals surface area contributed by atoms with E-state index in [1.807, 2.05) is 25.1 Å². The van der Waals surface area contributed by atoms with E-state index >= 15 is 0 Å². The van der Waals surface area contributed by atoms with Gasteiger partial charge in [0.15, 0.2) is 0 Å².